The van der Waals surface area contributed by atoms with E-state index in [-0.39, 0.29) is 18.4 Å². The number of benzene rings is 2. The fraction of sp³-hybridized carbons (Fsp3) is 0.333. The zero-order valence-electron chi connectivity index (χ0n) is 14.2. The van der Waals surface area contributed by atoms with Crippen LogP contribution >= 0.6 is 0 Å². The molecule has 0 aromatic heterocycles. The molecular weight excluding hydrogens is 314 g/mol. The minimum Gasteiger partial charge on any atom is -0.481 e. The largest absolute Gasteiger partial charge is 0.481 e. The molecule has 0 heterocycles. The lowest BCUT2D eigenvalue weighted by atomic mass is 9.99. The summed E-state index contributed by atoms with van der Waals surface area (Å²) in [5, 5.41) is 11.8. The topological polar surface area (TPSA) is 66.4 Å². The number of amides is 1. The summed E-state index contributed by atoms with van der Waals surface area (Å²) >= 11 is 0. The van der Waals surface area contributed by atoms with Gasteiger partial charge in [0, 0.05) is 12.8 Å². The molecule has 0 fully saturated rings. The molecular formula is C21H23NO3. The van der Waals surface area contributed by atoms with Crippen LogP contribution in [0.4, 0.5) is 0 Å². The third kappa shape index (κ3) is 4.47. The number of aryl methyl sites for hydroxylation is 1. The van der Waals surface area contributed by atoms with Crippen molar-refractivity contribution in [3.63, 3.8) is 0 Å². The maximum Gasteiger partial charge on any atom is 0.303 e. The zero-order valence-corrected chi connectivity index (χ0v) is 14.2. The number of rotatable bonds is 7. The van der Waals surface area contributed by atoms with Crippen LogP contribution in [0.25, 0.3) is 11.1 Å². The lowest BCUT2D eigenvalue weighted by molar-refractivity contribution is -0.137. The third-order valence-corrected chi connectivity index (χ3v) is 4.71. The summed E-state index contributed by atoms with van der Waals surface area (Å²) < 4.78 is 0. The highest BCUT2D eigenvalue weighted by Crippen LogP contribution is 2.34. The molecule has 1 aliphatic carbocycles. The molecule has 25 heavy (non-hydrogen) atoms. The van der Waals surface area contributed by atoms with Crippen molar-refractivity contribution in [1.29, 1.82) is 0 Å². The first-order valence-electron chi connectivity index (χ1n) is 8.83. The van der Waals surface area contributed by atoms with Crippen LogP contribution < -0.4 is 5.32 Å². The van der Waals surface area contributed by atoms with E-state index in [0.29, 0.717) is 19.3 Å². The average Bonchev–Trinajstić information content (AvgIpc) is 3.01. The van der Waals surface area contributed by atoms with Gasteiger partial charge in [-0.3, -0.25) is 9.59 Å². The number of nitrogens with one attached hydrogen (secondary N) is 1. The monoisotopic (exact) mass is 337 g/mol. The Balaban J connectivity index is 1.63. The first-order valence-corrected chi connectivity index (χ1v) is 8.83. The summed E-state index contributed by atoms with van der Waals surface area (Å²) in [6.45, 7) is 0. The van der Waals surface area contributed by atoms with Crippen LogP contribution in [0.1, 0.15) is 49.3 Å². The fourth-order valence-electron chi connectivity index (χ4n) is 3.39. The Morgan fingerprint density at radius 1 is 1.00 bits per heavy atom. The molecule has 2 aromatic carbocycles. The van der Waals surface area contributed by atoms with Crippen molar-refractivity contribution in [2.75, 3.05) is 0 Å². The van der Waals surface area contributed by atoms with Gasteiger partial charge in [0.15, 0.2) is 0 Å². The first kappa shape index (κ1) is 17.2. The van der Waals surface area contributed by atoms with Crippen LogP contribution in [-0.4, -0.2) is 17.0 Å². The summed E-state index contributed by atoms with van der Waals surface area (Å²) in [6.07, 6.45) is 3.57. The van der Waals surface area contributed by atoms with Gasteiger partial charge in [0.25, 0.3) is 0 Å². The number of hydrogen-bond acceptors (Lipinski definition) is 2. The second-order valence-corrected chi connectivity index (χ2v) is 6.54. The Hall–Kier alpha value is -2.62. The van der Waals surface area contributed by atoms with E-state index in [2.05, 4.69) is 35.6 Å². The smallest absolute Gasteiger partial charge is 0.303 e. The highest BCUT2D eigenvalue weighted by Gasteiger charge is 2.24. The molecule has 1 aliphatic rings. The minimum absolute atomic E-state index is 0.00773. The van der Waals surface area contributed by atoms with Gasteiger partial charge >= 0.3 is 5.97 Å². The predicted octanol–water partition coefficient (Wildman–Crippen LogP) is 4.10. The molecule has 1 atom stereocenters. The number of fused-ring (bicyclic) bond motifs is 1. The summed E-state index contributed by atoms with van der Waals surface area (Å²) in [7, 11) is 0. The van der Waals surface area contributed by atoms with Crippen molar-refractivity contribution in [3.8, 4) is 11.1 Å². The number of aliphatic carboxylic acids is 1. The van der Waals surface area contributed by atoms with Crippen molar-refractivity contribution in [2.24, 2.45) is 0 Å². The number of carbonyl (C=O) groups is 2. The molecule has 0 radical (unpaired) electrons. The second-order valence-electron chi connectivity index (χ2n) is 6.54. The number of unbranched alkanes of at least 4 members (excludes halogenated alkanes) is 1. The van der Waals surface area contributed by atoms with Gasteiger partial charge in [0.1, 0.15) is 0 Å². The number of carbonyl (C=O) groups excluding carboxylic acids is 1. The van der Waals surface area contributed by atoms with E-state index in [1.807, 2.05) is 18.2 Å². The lowest BCUT2D eigenvalue weighted by Gasteiger charge is -2.15. The van der Waals surface area contributed by atoms with Crippen LogP contribution in [-0.2, 0) is 16.0 Å². The average molecular weight is 337 g/mol. The Kier molecular flexibility index (Phi) is 5.49. The maximum atomic E-state index is 12.1. The molecule has 3 rings (SSSR count). The summed E-state index contributed by atoms with van der Waals surface area (Å²) in [5.74, 6) is -0.799. The van der Waals surface area contributed by atoms with Crippen molar-refractivity contribution in [1.82, 2.24) is 5.32 Å². The van der Waals surface area contributed by atoms with Crippen LogP contribution in [0.5, 0.6) is 0 Å². The molecule has 1 amide bonds. The molecule has 0 aliphatic heterocycles. The van der Waals surface area contributed by atoms with E-state index in [0.717, 1.165) is 12.8 Å². The molecule has 0 saturated carbocycles. The number of carboxylic acids is 1. The van der Waals surface area contributed by atoms with E-state index >= 15 is 0 Å². The van der Waals surface area contributed by atoms with Crippen molar-refractivity contribution in [2.45, 2.75) is 44.6 Å². The predicted molar refractivity (Wildman–Crippen MR) is 97.2 cm³/mol. The van der Waals surface area contributed by atoms with E-state index in [1.165, 1.54) is 22.3 Å². The van der Waals surface area contributed by atoms with Crippen LogP contribution in [0.15, 0.2) is 48.5 Å². The highest BCUT2D eigenvalue weighted by molar-refractivity contribution is 5.77. The quantitative estimate of drug-likeness (QED) is 0.748. The van der Waals surface area contributed by atoms with Gasteiger partial charge in [0.2, 0.25) is 5.91 Å². The van der Waals surface area contributed by atoms with Gasteiger partial charge in [-0.2, -0.15) is 0 Å². The van der Waals surface area contributed by atoms with E-state index in [1.54, 1.807) is 0 Å². The fourth-order valence-corrected chi connectivity index (χ4v) is 3.39. The van der Waals surface area contributed by atoms with Gasteiger partial charge in [-0.15, -0.1) is 0 Å². The van der Waals surface area contributed by atoms with Gasteiger partial charge in [0.05, 0.1) is 6.04 Å². The lowest BCUT2D eigenvalue weighted by Crippen LogP contribution is -2.26. The standard InChI is InChI=1S/C21H23NO3/c23-20(8-4-5-9-21(24)25)22-19-13-12-16-10-11-17(14-18(16)19)15-6-2-1-3-7-15/h1-3,6-7,10-11,14,19H,4-5,8-9,12-13H2,(H,22,23)(H,24,25). The summed E-state index contributed by atoms with van der Waals surface area (Å²) in [5.41, 5.74) is 4.86. The van der Waals surface area contributed by atoms with E-state index < -0.39 is 5.97 Å². The Labute approximate surface area is 147 Å². The van der Waals surface area contributed by atoms with Gasteiger partial charge in [-0.05, 0) is 54.0 Å². The molecule has 1 unspecified atom stereocenters. The Morgan fingerprint density at radius 3 is 2.52 bits per heavy atom. The van der Waals surface area contributed by atoms with Gasteiger partial charge in [-0.1, -0.05) is 42.5 Å². The third-order valence-electron chi connectivity index (χ3n) is 4.71. The normalized spacial score (nSPS) is 15.6. The Bertz CT molecular complexity index is 755. The van der Waals surface area contributed by atoms with Crippen LogP contribution in [0.3, 0.4) is 0 Å². The molecule has 4 heteroatoms. The van der Waals surface area contributed by atoms with E-state index in [9.17, 15) is 9.59 Å². The molecule has 4 nitrogen and oxygen atoms in total. The van der Waals surface area contributed by atoms with Crippen LogP contribution in [0, 0.1) is 0 Å². The van der Waals surface area contributed by atoms with Crippen molar-refractivity contribution >= 4 is 11.9 Å². The van der Waals surface area contributed by atoms with E-state index in [4.69, 9.17) is 5.11 Å². The van der Waals surface area contributed by atoms with Gasteiger partial charge in [-0.25, -0.2) is 0 Å². The molecule has 0 spiro atoms. The molecule has 2 N–H and O–H groups in total. The number of hydrogen-bond donors (Lipinski definition) is 2. The molecule has 0 bridgehead atoms. The maximum absolute atomic E-state index is 12.1. The highest BCUT2D eigenvalue weighted by atomic mass is 16.4. The van der Waals surface area contributed by atoms with Crippen molar-refractivity contribution in [3.05, 3.63) is 59.7 Å². The first-order chi connectivity index (χ1) is 12.1. The molecule has 2 aromatic rings. The van der Waals surface area contributed by atoms with Crippen LogP contribution in [0.2, 0.25) is 0 Å². The van der Waals surface area contributed by atoms with Crippen molar-refractivity contribution < 1.29 is 14.7 Å². The summed E-state index contributed by atoms with van der Waals surface area (Å²) in [4.78, 5) is 22.7. The minimum atomic E-state index is -0.807. The molecule has 130 valence electrons. The Morgan fingerprint density at radius 2 is 1.76 bits per heavy atom. The summed E-state index contributed by atoms with van der Waals surface area (Å²) in [6, 6.07) is 16.8. The number of carboxylic acid groups (broad SMARTS) is 1. The molecule has 0 saturated heterocycles. The zero-order chi connectivity index (χ0) is 17.6. The second kappa shape index (κ2) is 7.97. The SMILES string of the molecule is O=C(O)CCCCC(=O)NC1CCc2ccc(-c3ccccc3)cc21. The van der Waals surface area contributed by atoms with Gasteiger partial charge < -0.3 is 10.4 Å².